The molecule has 178 valence electrons. The maximum absolute atomic E-state index is 13.7. The highest BCUT2D eigenvalue weighted by molar-refractivity contribution is 6.42. The Bertz CT molecular complexity index is 1280. The molecule has 0 unspecified atom stereocenters. The number of aryl methyl sites for hydroxylation is 1. The highest BCUT2D eigenvalue weighted by atomic mass is 35.5. The van der Waals surface area contributed by atoms with Gasteiger partial charge in [-0.05, 0) is 55.2 Å². The number of Topliss-reactive ketones (excluding diaryl/α,β-unsaturated/α-hetero) is 1. The average molecular weight is 509 g/mol. The number of benzene rings is 2. The summed E-state index contributed by atoms with van der Waals surface area (Å²) < 4.78 is 0. The highest BCUT2D eigenvalue weighted by Crippen LogP contribution is 2.65. The SMILES string of the molecule is Cc1ccc(C(=O)CN(C(=O)c2ccc(Cl)c(Cl)c2)N2C(=O)[C@H]3[C@@H]4C=C[C@H]([C@H]5C[C@H]45)[C@@H]3C2=O)cc1. The lowest BCUT2D eigenvalue weighted by Gasteiger charge is -2.37. The molecule has 3 fully saturated rings. The largest absolute Gasteiger partial charge is 0.292 e. The molecule has 2 bridgehead atoms. The molecular formula is C27H22Cl2N2O4. The van der Waals surface area contributed by atoms with Crippen molar-refractivity contribution >= 4 is 46.7 Å². The molecule has 35 heavy (non-hydrogen) atoms. The van der Waals surface area contributed by atoms with Crippen LogP contribution in [0.15, 0.2) is 54.6 Å². The van der Waals surface area contributed by atoms with Gasteiger partial charge in [-0.3, -0.25) is 19.2 Å². The fraction of sp³-hybridized carbons (Fsp3) is 0.333. The first kappa shape index (κ1) is 22.5. The number of hydrazine groups is 1. The van der Waals surface area contributed by atoms with Crippen molar-refractivity contribution in [2.45, 2.75) is 13.3 Å². The van der Waals surface area contributed by atoms with Crippen molar-refractivity contribution in [3.05, 3.63) is 81.4 Å². The molecule has 8 heteroatoms. The zero-order chi connectivity index (χ0) is 24.6. The van der Waals surface area contributed by atoms with E-state index < -0.39 is 36.1 Å². The maximum atomic E-state index is 13.7. The predicted molar refractivity (Wildman–Crippen MR) is 130 cm³/mol. The molecule has 2 aromatic carbocycles. The molecule has 0 aromatic heterocycles. The Morgan fingerprint density at radius 3 is 2.03 bits per heavy atom. The van der Waals surface area contributed by atoms with Gasteiger partial charge in [0.15, 0.2) is 5.78 Å². The van der Waals surface area contributed by atoms with Crippen molar-refractivity contribution in [3.63, 3.8) is 0 Å². The van der Waals surface area contributed by atoms with Crippen LogP contribution >= 0.6 is 23.2 Å². The Hall–Kier alpha value is -2.96. The van der Waals surface area contributed by atoms with E-state index in [1.54, 1.807) is 24.3 Å². The van der Waals surface area contributed by atoms with E-state index in [2.05, 4.69) is 12.2 Å². The quantitative estimate of drug-likeness (QED) is 0.336. The van der Waals surface area contributed by atoms with Crippen LogP contribution in [-0.2, 0) is 9.59 Å². The van der Waals surface area contributed by atoms with Crippen LogP contribution in [-0.4, -0.2) is 40.1 Å². The molecule has 0 spiro atoms. The van der Waals surface area contributed by atoms with Gasteiger partial charge in [-0.1, -0.05) is 65.2 Å². The molecule has 6 nitrogen and oxygen atoms in total. The summed E-state index contributed by atoms with van der Waals surface area (Å²) in [6.45, 7) is 1.46. The number of hydrogen-bond acceptors (Lipinski definition) is 4. The Labute approximate surface area is 212 Å². The topological polar surface area (TPSA) is 74.8 Å². The Balaban J connectivity index is 1.37. The Morgan fingerprint density at radius 2 is 1.46 bits per heavy atom. The lowest BCUT2D eigenvalue weighted by Crippen LogP contribution is -2.52. The number of hydrogen-bond donors (Lipinski definition) is 0. The van der Waals surface area contributed by atoms with Crippen molar-refractivity contribution in [2.24, 2.45) is 35.5 Å². The van der Waals surface area contributed by atoms with Crippen molar-refractivity contribution in [1.82, 2.24) is 10.0 Å². The van der Waals surface area contributed by atoms with E-state index in [9.17, 15) is 19.2 Å². The zero-order valence-corrected chi connectivity index (χ0v) is 20.4. The number of rotatable bonds is 5. The summed E-state index contributed by atoms with van der Waals surface area (Å²) in [6, 6.07) is 11.3. The second kappa shape index (κ2) is 8.04. The highest BCUT2D eigenvalue weighted by Gasteiger charge is 2.68. The smallest absolute Gasteiger partial charge is 0.273 e. The van der Waals surface area contributed by atoms with Gasteiger partial charge in [0.25, 0.3) is 17.7 Å². The van der Waals surface area contributed by atoms with Gasteiger partial charge in [-0.15, -0.1) is 0 Å². The fourth-order valence-corrected chi connectivity index (χ4v) is 6.46. The number of carbonyl (C=O) groups excluding carboxylic acids is 4. The molecule has 1 aliphatic heterocycles. The zero-order valence-electron chi connectivity index (χ0n) is 18.9. The van der Waals surface area contributed by atoms with Crippen LogP contribution in [0, 0.1) is 42.4 Å². The number of imide groups is 1. The van der Waals surface area contributed by atoms with Crippen molar-refractivity contribution in [3.8, 4) is 0 Å². The van der Waals surface area contributed by atoms with Crippen molar-refractivity contribution in [2.75, 3.05) is 6.54 Å². The molecule has 5 aliphatic rings. The number of halogens is 2. The minimum Gasteiger partial charge on any atom is -0.292 e. The van der Waals surface area contributed by atoms with E-state index >= 15 is 0 Å². The molecule has 1 heterocycles. The maximum Gasteiger partial charge on any atom is 0.273 e. The molecule has 7 rings (SSSR count). The monoisotopic (exact) mass is 508 g/mol. The standard InChI is InChI=1S/C27H22Cl2N2O4/c1-13-2-4-14(5-3-13)22(32)12-30(25(33)15-6-9-20(28)21(29)10-15)31-26(34)23-16-7-8-17(19-11-18(16)19)24(23)27(31)35/h2-10,16-19,23-24H,11-12H2,1H3/t16-,17-,18-,19-,23+,24+/m1/s1. The van der Waals surface area contributed by atoms with E-state index in [0.29, 0.717) is 17.4 Å². The Kier molecular flexibility index (Phi) is 5.17. The van der Waals surface area contributed by atoms with E-state index in [1.165, 1.54) is 18.2 Å². The van der Waals surface area contributed by atoms with Crippen LogP contribution in [0.3, 0.4) is 0 Å². The van der Waals surface area contributed by atoms with Gasteiger partial charge >= 0.3 is 0 Å². The summed E-state index contributed by atoms with van der Waals surface area (Å²) in [5.41, 5.74) is 1.51. The normalized spacial score (nSPS) is 29.7. The first-order valence-corrected chi connectivity index (χ1v) is 12.4. The third-order valence-corrected chi connectivity index (χ3v) is 8.69. The van der Waals surface area contributed by atoms with Gasteiger partial charge in [-0.2, -0.15) is 5.01 Å². The summed E-state index contributed by atoms with van der Waals surface area (Å²) in [4.78, 5) is 54.2. The average Bonchev–Trinajstić information content (AvgIpc) is 3.63. The van der Waals surface area contributed by atoms with Crippen LogP contribution in [0.5, 0.6) is 0 Å². The van der Waals surface area contributed by atoms with E-state index in [-0.39, 0.29) is 33.2 Å². The number of allylic oxidation sites excluding steroid dienone is 2. The lowest BCUT2D eigenvalue weighted by molar-refractivity contribution is -0.154. The molecule has 2 saturated carbocycles. The fourth-order valence-electron chi connectivity index (χ4n) is 6.16. The molecule has 0 radical (unpaired) electrons. The molecule has 3 amide bonds. The second-order valence-electron chi connectivity index (χ2n) is 9.92. The summed E-state index contributed by atoms with van der Waals surface area (Å²) in [5, 5.41) is 2.36. The number of ketones is 1. The third-order valence-electron chi connectivity index (χ3n) is 7.95. The van der Waals surface area contributed by atoms with Gasteiger partial charge in [-0.25, -0.2) is 5.01 Å². The van der Waals surface area contributed by atoms with Crippen LogP contribution in [0.25, 0.3) is 0 Å². The van der Waals surface area contributed by atoms with Gasteiger partial charge in [0.1, 0.15) is 6.54 Å². The molecule has 6 atom stereocenters. The van der Waals surface area contributed by atoms with Crippen molar-refractivity contribution in [1.29, 1.82) is 0 Å². The summed E-state index contributed by atoms with van der Waals surface area (Å²) in [6.07, 6.45) is 5.17. The number of carbonyl (C=O) groups is 4. The summed E-state index contributed by atoms with van der Waals surface area (Å²) in [5.74, 6) is -1.96. The van der Waals surface area contributed by atoms with Gasteiger partial charge in [0, 0.05) is 11.1 Å². The summed E-state index contributed by atoms with van der Waals surface area (Å²) in [7, 11) is 0. The molecule has 4 aliphatic carbocycles. The van der Waals surface area contributed by atoms with Crippen LogP contribution in [0.4, 0.5) is 0 Å². The Morgan fingerprint density at radius 1 is 0.886 bits per heavy atom. The minimum atomic E-state index is -0.658. The van der Waals surface area contributed by atoms with Crippen LogP contribution < -0.4 is 0 Å². The summed E-state index contributed by atoms with van der Waals surface area (Å²) >= 11 is 12.2. The number of amides is 3. The van der Waals surface area contributed by atoms with E-state index in [1.807, 2.05) is 6.92 Å². The molecule has 2 aromatic rings. The molecule has 1 saturated heterocycles. The van der Waals surface area contributed by atoms with Gasteiger partial charge in [0.05, 0.1) is 21.9 Å². The third kappa shape index (κ3) is 3.46. The van der Waals surface area contributed by atoms with E-state index in [0.717, 1.165) is 22.0 Å². The molecule has 0 N–H and O–H groups in total. The predicted octanol–water partition coefficient (Wildman–Crippen LogP) is 4.60. The van der Waals surface area contributed by atoms with Crippen LogP contribution in [0.1, 0.15) is 32.7 Å². The molecular weight excluding hydrogens is 487 g/mol. The first-order valence-electron chi connectivity index (χ1n) is 11.7. The minimum absolute atomic E-state index is 0.00572. The van der Waals surface area contributed by atoms with Crippen LogP contribution in [0.2, 0.25) is 10.0 Å². The first-order chi connectivity index (χ1) is 16.8. The van der Waals surface area contributed by atoms with E-state index in [4.69, 9.17) is 23.2 Å². The lowest BCUT2D eigenvalue weighted by atomic mass is 9.63. The number of nitrogens with zero attached hydrogens (tertiary/aromatic N) is 2. The van der Waals surface area contributed by atoms with Gasteiger partial charge in [0.2, 0.25) is 0 Å². The second-order valence-corrected chi connectivity index (χ2v) is 10.7. The van der Waals surface area contributed by atoms with Crippen molar-refractivity contribution < 1.29 is 19.2 Å². The van der Waals surface area contributed by atoms with Gasteiger partial charge < -0.3 is 0 Å².